The molecule has 0 aliphatic heterocycles. The zero-order valence-corrected chi connectivity index (χ0v) is 20.2. The molecule has 2 saturated carbocycles. The second-order valence-corrected chi connectivity index (χ2v) is 9.93. The molecule has 0 aromatic carbocycles. The van der Waals surface area contributed by atoms with Gasteiger partial charge < -0.3 is 0 Å². The lowest BCUT2D eigenvalue weighted by molar-refractivity contribution is 0.101. The molecule has 8 heteroatoms. The van der Waals surface area contributed by atoms with Crippen LogP contribution < -0.4 is 0 Å². The highest BCUT2D eigenvalue weighted by atomic mass is 79.9. The summed E-state index contributed by atoms with van der Waals surface area (Å²) in [7, 11) is 0. The summed E-state index contributed by atoms with van der Waals surface area (Å²) in [6, 6.07) is 5.14. The molecule has 2 aliphatic carbocycles. The third-order valence-corrected chi connectivity index (χ3v) is 6.93. The van der Waals surface area contributed by atoms with Gasteiger partial charge in [0.05, 0.1) is 27.0 Å². The average Bonchev–Trinajstić information content (AvgIpc) is 2.74. The molecule has 2 heterocycles. The highest BCUT2D eigenvalue weighted by Crippen LogP contribution is 2.43. The van der Waals surface area contributed by atoms with E-state index >= 15 is 0 Å². The summed E-state index contributed by atoms with van der Waals surface area (Å²) in [5, 5.41) is 9.38. The first-order valence-electron chi connectivity index (χ1n) is 10.5. The molecule has 0 atom stereocenters. The molecule has 0 N–H and O–H groups in total. The summed E-state index contributed by atoms with van der Waals surface area (Å²) < 4.78 is 29.9. The Morgan fingerprint density at radius 3 is 1.68 bits per heavy atom. The lowest BCUT2D eigenvalue weighted by Gasteiger charge is -2.29. The van der Waals surface area contributed by atoms with Crippen molar-refractivity contribution in [1.82, 2.24) is 9.97 Å². The van der Waals surface area contributed by atoms with Crippen molar-refractivity contribution in [2.75, 3.05) is 0 Å². The Balaban J connectivity index is 0.000000176. The molecule has 0 spiro atoms. The van der Waals surface area contributed by atoms with Crippen LogP contribution in [0.4, 0.5) is 8.78 Å². The average molecular weight is 531 g/mol. The minimum atomic E-state index is -1.40. The number of alkyl halides is 2. The number of aromatic nitrogens is 2. The molecular weight excluding hydrogens is 507 g/mol. The van der Waals surface area contributed by atoms with Crippen LogP contribution in [0.15, 0.2) is 29.0 Å². The fraction of sp³-hybridized carbons (Fsp3) is 0.522. The van der Waals surface area contributed by atoms with E-state index in [0.717, 1.165) is 43.0 Å². The predicted octanol–water partition coefficient (Wildman–Crippen LogP) is 8.36. The van der Waals surface area contributed by atoms with Crippen molar-refractivity contribution in [3.63, 3.8) is 0 Å². The number of nitrogens with zero attached hydrogens (tertiary/aromatic N) is 3. The summed E-state index contributed by atoms with van der Waals surface area (Å²) in [6.07, 6.45) is 10.8. The van der Waals surface area contributed by atoms with Gasteiger partial charge in [-0.1, -0.05) is 36.0 Å². The van der Waals surface area contributed by atoms with Crippen LogP contribution in [0.2, 0.25) is 10.0 Å². The van der Waals surface area contributed by atoms with Gasteiger partial charge in [-0.15, -0.1) is 0 Å². The second-order valence-electron chi connectivity index (χ2n) is 8.20. The summed E-state index contributed by atoms with van der Waals surface area (Å²) in [4.78, 5) is 8.13. The first-order chi connectivity index (χ1) is 14.8. The molecule has 2 aromatic rings. The lowest BCUT2D eigenvalue weighted by atomic mass is 9.83. The molecule has 0 saturated heterocycles. The topological polar surface area (TPSA) is 49.6 Å². The van der Waals surface area contributed by atoms with Gasteiger partial charge in [-0.2, -0.15) is 5.26 Å². The molecule has 0 bridgehead atoms. The fourth-order valence-electron chi connectivity index (χ4n) is 4.27. The van der Waals surface area contributed by atoms with Gasteiger partial charge in [-0.3, -0.25) is 9.97 Å². The van der Waals surface area contributed by atoms with Crippen LogP contribution in [0.3, 0.4) is 0 Å². The van der Waals surface area contributed by atoms with Crippen LogP contribution >= 0.6 is 39.1 Å². The van der Waals surface area contributed by atoms with Gasteiger partial charge in [0, 0.05) is 16.9 Å². The Bertz CT molecular complexity index is 952. The number of hydrogen-bond donors (Lipinski definition) is 0. The zero-order valence-electron chi connectivity index (χ0n) is 17.1. The molecule has 2 aromatic heterocycles. The summed E-state index contributed by atoms with van der Waals surface area (Å²) in [5.74, 6) is 0. The van der Waals surface area contributed by atoms with Crippen molar-refractivity contribution < 1.29 is 8.78 Å². The second kappa shape index (κ2) is 10.6. The van der Waals surface area contributed by atoms with E-state index in [1.54, 1.807) is 12.3 Å². The third-order valence-electron chi connectivity index (χ3n) is 5.92. The highest BCUT2D eigenvalue weighted by molar-refractivity contribution is 9.10. The van der Waals surface area contributed by atoms with Crippen LogP contribution in [-0.4, -0.2) is 9.97 Å². The molecule has 0 unspecified atom stereocenters. The number of pyridine rings is 2. The summed E-state index contributed by atoms with van der Waals surface area (Å²) in [5.41, 5.74) is -1.63. The number of rotatable bonds is 2. The van der Waals surface area contributed by atoms with E-state index in [9.17, 15) is 8.78 Å². The van der Waals surface area contributed by atoms with Gasteiger partial charge >= 0.3 is 0 Å². The van der Waals surface area contributed by atoms with Crippen molar-refractivity contribution in [1.29, 1.82) is 5.26 Å². The van der Waals surface area contributed by atoms with E-state index in [1.165, 1.54) is 12.3 Å². The SMILES string of the molecule is FC1(c2ncc(Br)cc2Cl)CCCCC1.N#Cc1cnc(C2(F)CCCCC2)c(Cl)c1. The van der Waals surface area contributed by atoms with Crippen LogP contribution in [0.5, 0.6) is 0 Å². The molecule has 0 amide bonds. The van der Waals surface area contributed by atoms with Crippen LogP contribution in [0, 0.1) is 11.3 Å². The van der Waals surface area contributed by atoms with Crippen molar-refractivity contribution in [2.45, 2.75) is 75.5 Å². The predicted molar refractivity (Wildman–Crippen MR) is 123 cm³/mol. The minimum absolute atomic E-state index is 0.267. The van der Waals surface area contributed by atoms with Crippen LogP contribution in [-0.2, 0) is 11.3 Å². The van der Waals surface area contributed by atoms with Gasteiger partial charge in [0.2, 0.25) is 0 Å². The summed E-state index contributed by atoms with van der Waals surface area (Å²) in [6.45, 7) is 0. The molecule has 2 aliphatic rings. The van der Waals surface area contributed by atoms with Crippen LogP contribution in [0.1, 0.15) is 81.2 Å². The third kappa shape index (κ3) is 5.94. The van der Waals surface area contributed by atoms with Crippen LogP contribution in [0.25, 0.3) is 0 Å². The maximum absolute atomic E-state index is 14.6. The fourth-order valence-corrected chi connectivity index (χ4v) is 5.41. The molecule has 2 fully saturated rings. The van der Waals surface area contributed by atoms with E-state index in [1.807, 2.05) is 6.07 Å². The van der Waals surface area contributed by atoms with Crippen molar-refractivity contribution >= 4 is 39.1 Å². The highest BCUT2D eigenvalue weighted by Gasteiger charge is 2.37. The largest absolute Gasteiger partial charge is 0.255 e. The van der Waals surface area contributed by atoms with Crippen molar-refractivity contribution in [3.05, 3.63) is 56.0 Å². The standard InChI is InChI=1S/C12H12ClFN2.C11H12BrClFN/c13-10-6-9(7-15)8-16-11(10)12(14)4-2-1-3-5-12;12-8-6-9(13)10(15-7-8)11(14)4-2-1-3-5-11/h6,8H,1-5H2;6-7H,1-5H2. The Morgan fingerprint density at radius 1 is 0.806 bits per heavy atom. The quantitative estimate of drug-likeness (QED) is 0.391. The van der Waals surface area contributed by atoms with Gasteiger partial charge in [0.25, 0.3) is 0 Å². The van der Waals surface area contributed by atoms with Crippen molar-refractivity contribution in [2.24, 2.45) is 0 Å². The smallest absolute Gasteiger partial charge is 0.154 e. The molecular formula is C23H24BrCl2F2N3. The van der Waals surface area contributed by atoms with E-state index in [-0.39, 0.29) is 5.02 Å². The van der Waals surface area contributed by atoms with Gasteiger partial charge in [0.1, 0.15) is 6.07 Å². The van der Waals surface area contributed by atoms with Crippen molar-refractivity contribution in [3.8, 4) is 6.07 Å². The lowest BCUT2D eigenvalue weighted by Crippen LogP contribution is -2.25. The maximum atomic E-state index is 14.6. The normalized spacial score (nSPS) is 19.6. The van der Waals surface area contributed by atoms with E-state index < -0.39 is 11.3 Å². The van der Waals surface area contributed by atoms with E-state index in [0.29, 0.717) is 47.7 Å². The Labute approximate surface area is 200 Å². The van der Waals surface area contributed by atoms with Gasteiger partial charge in [-0.05, 0) is 79.4 Å². The zero-order chi connectivity index (χ0) is 22.5. The first-order valence-corrected chi connectivity index (χ1v) is 12.1. The van der Waals surface area contributed by atoms with Gasteiger partial charge in [0.15, 0.2) is 11.3 Å². The Hall–Kier alpha value is -1.29. The molecule has 4 rings (SSSR count). The number of halogens is 5. The Kier molecular flexibility index (Phi) is 8.29. The molecule has 0 radical (unpaired) electrons. The summed E-state index contributed by atoms with van der Waals surface area (Å²) >= 11 is 15.3. The minimum Gasteiger partial charge on any atom is -0.255 e. The molecule has 3 nitrogen and oxygen atoms in total. The Morgan fingerprint density at radius 2 is 1.26 bits per heavy atom. The first kappa shape index (κ1) is 24.4. The van der Waals surface area contributed by atoms with E-state index in [2.05, 4.69) is 25.9 Å². The number of hydrogen-bond acceptors (Lipinski definition) is 3. The number of nitriles is 1. The van der Waals surface area contributed by atoms with E-state index in [4.69, 9.17) is 28.5 Å². The molecule has 31 heavy (non-hydrogen) atoms. The van der Waals surface area contributed by atoms with Gasteiger partial charge in [-0.25, -0.2) is 8.78 Å². The monoisotopic (exact) mass is 529 g/mol. The molecule has 166 valence electrons. The maximum Gasteiger partial charge on any atom is 0.154 e.